The molecule has 0 fully saturated rings. The quantitative estimate of drug-likeness (QED) is 0.875. The van der Waals surface area contributed by atoms with Crippen LogP contribution in [0.4, 0.5) is 0 Å². The molecule has 0 aliphatic heterocycles. The Kier molecular flexibility index (Phi) is 3.70. The van der Waals surface area contributed by atoms with E-state index >= 15 is 0 Å². The highest BCUT2D eigenvalue weighted by Crippen LogP contribution is 2.17. The van der Waals surface area contributed by atoms with Crippen molar-refractivity contribution in [3.63, 3.8) is 0 Å². The number of hydrogen-bond acceptors (Lipinski definition) is 3. The highest BCUT2D eigenvalue weighted by atomic mass is 32.1. The fourth-order valence-corrected chi connectivity index (χ4v) is 2.42. The van der Waals surface area contributed by atoms with Crippen molar-refractivity contribution in [3.8, 4) is 0 Å². The van der Waals surface area contributed by atoms with E-state index in [0.29, 0.717) is 6.04 Å². The van der Waals surface area contributed by atoms with Gasteiger partial charge in [0.1, 0.15) is 0 Å². The normalized spacial score (nSPS) is 12.6. The van der Waals surface area contributed by atoms with Gasteiger partial charge in [0.15, 0.2) is 0 Å². The SMILES string of the molecule is Cc1ccsc1CN[C@@H](C)c1ccccn1. The van der Waals surface area contributed by atoms with Gasteiger partial charge in [-0.2, -0.15) is 0 Å². The van der Waals surface area contributed by atoms with Gasteiger partial charge in [0.25, 0.3) is 0 Å². The number of pyridine rings is 1. The van der Waals surface area contributed by atoms with Gasteiger partial charge in [0.2, 0.25) is 0 Å². The molecule has 2 aromatic heterocycles. The van der Waals surface area contributed by atoms with Gasteiger partial charge in [-0.1, -0.05) is 6.07 Å². The number of aromatic nitrogens is 1. The average molecular weight is 232 g/mol. The van der Waals surface area contributed by atoms with E-state index in [1.807, 2.05) is 18.3 Å². The Morgan fingerprint density at radius 1 is 1.38 bits per heavy atom. The predicted molar refractivity (Wildman–Crippen MR) is 68.5 cm³/mol. The zero-order chi connectivity index (χ0) is 11.4. The van der Waals surface area contributed by atoms with Gasteiger partial charge in [0.05, 0.1) is 5.69 Å². The van der Waals surface area contributed by atoms with Crippen molar-refractivity contribution in [1.82, 2.24) is 10.3 Å². The Morgan fingerprint density at radius 2 is 2.25 bits per heavy atom. The van der Waals surface area contributed by atoms with Gasteiger partial charge in [-0.15, -0.1) is 11.3 Å². The lowest BCUT2D eigenvalue weighted by Crippen LogP contribution is -2.18. The van der Waals surface area contributed by atoms with E-state index in [-0.39, 0.29) is 0 Å². The maximum atomic E-state index is 4.34. The summed E-state index contributed by atoms with van der Waals surface area (Å²) in [5.74, 6) is 0. The molecular formula is C13H16N2S. The van der Waals surface area contributed by atoms with Gasteiger partial charge in [-0.3, -0.25) is 4.98 Å². The lowest BCUT2D eigenvalue weighted by atomic mass is 10.2. The molecule has 0 saturated heterocycles. The third-order valence-corrected chi connectivity index (χ3v) is 3.69. The predicted octanol–water partition coefficient (Wildman–Crippen LogP) is 3.30. The lowest BCUT2D eigenvalue weighted by Gasteiger charge is -2.12. The van der Waals surface area contributed by atoms with E-state index in [1.54, 1.807) is 11.3 Å². The fraction of sp³-hybridized carbons (Fsp3) is 0.308. The van der Waals surface area contributed by atoms with Crippen LogP contribution < -0.4 is 5.32 Å². The van der Waals surface area contributed by atoms with Crippen molar-refractivity contribution in [2.45, 2.75) is 26.4 Å². The van der Waals surface area contributed by atoms with E-state index in [1.165, 1.54) is 10.4 Å². The molecule has 0 aliphatic rings. The molecule has 1 atom stereocenters. The first-order valence-corrected chi connectivity index (χ1v) is 6.32. The lowest BCUT2D eigenvalue weighted by molar-refractivity contribution is 0.564. The van der Waals surface area contributed by atoms with Crippen LogP contribution in [0.5, 0.6) is 0 Å². The summed E-state index contributed by atoms with van der Waals surface area (Å²) in [6.45, 7) is 5.21. The van der Waals surface area contributed by atoms with Crippen molar-refractivity contribution in [3.05, 3.63) is 52.0 Å². The zero-order valence-electron chi connectivity index (χ0n) is 9.60. The smallest absolute Gasteiger partial charge is 0.0570 e. The summed E-state index contributed by atoms with van der Waals surface area (Å²) in [6, 6.07) is 8.48. The van der Waals surface area contributed by atoms with E-state index in [2.05, 4.69) is 41.7 Å². The fourth-order valence-electron chi connectivity index (χ4n) is 1.57. The van der Waals surface area contributed by atoms with Crippen LogP contribution in [0.2, 0.25) is 0 Å². The summed E-state index contributed by atoms with van der Waals surface area (Å²) in [7, 11) is 0. The van der Waals surface area contributed by atoms with Crippen LogP contribution in [0.25, 0.3) is 0 Å². The molecule has 0 radical (unpaired) electrons. The summed E-state index contributed by atoms with van der Waals surface area (Å²) in [5, 5.41) is 5.63. The van der Waals surface area contributed by atoms with Gasteiger partial charge in [-0.25, -0.2) is 0 Å². The average Bonchev–Trinajstić information content (AvgIpc) is 2.73. The van der Waals surface area contributed by atoms with E-state index in [0.717, 1.165) is 12.2 Å². The molecule has 2 nitrogen and oxygen atoms in total. The Bertz CT molecular complexity index is 436. The topological polar surface area (TPSA) is 24.9 Å². The molecule has 2 aromatic rings. The number of rotatable bonds is 4. The molecule has 3 heteroatoms. The molecule has 2 heterocycles. The minimum Gasteiger partial charge on any atom is -0.304 e. The van der Waals surface area contributed by atoms with E-state index in [4.69, 9.17) is 0 Å². The minimum atomic E-state index is 0.294. The molecule has 0 spiro atoms. The third-order valence-electron chi connectivity index (χ3n) is 2.67. The Balaban J connectivity index is 1.94. The molecule has 16 heavy (non-hydrogen) atoms. The number of hydrogen-bond donors (Lipinski definition) is 1. The Hall–Kier alpha value is -1.19. The maximum Gasteiger partial charge on any atom is 0.0570 e. The van der Waals surface area contributed by atoms with Crippen molar-refractivity contribution in [1.29, 1.82) is 0 Å². The summed E-state index contributed by atoms with van der Waals surface area (Å²) >= 11 is 1.80. The summed E-state index contributed by atoms with van der Waals surface area (Å²) in [5.41, 5.74) is 2.46. The van der Waals surface area contributed by atoms with Gasteiger partial charge in [0, 0.05) is 23.7 Å². The van der Waals surface area contributed by atoms with Crippen LogP contribution in [0, 0.1) is 6.92 Å². The summed E-state index contributed by atoms with van der Waals surface area (Å²) in [4.78, 5) is 5.75. The number of nitrogens with one attached hydrogen (secondary N) is 1. The molecule has 1 N–H and O–H groups in total. The van der Waals surface area contributed by atoms with Crippen LogP contribution in [0.15, 0.2) is 35.8 Å². The standard InChI is InChI=1S/C13H16N2S/c1-10-6-8-16-13(10)9-15-11(2)12-5-3-4-7-14-12/h3-8,11,15H,9H2,1-2H3/t11-/m0/s1. The first-order chi connectivity index (χ1) is 7.77. The summed E-state index contributed by atoms with van der Waals surface area (Å²) in [6.07, 6.45) is 1.84. The number of nitrogens with zero attached hydrogens (tertiary/aromatic N) is 1. The van der Waals surface area contributed by atoms with Crippen molar-refractivity contribution in [2.24, 2.45) is 0 Å². The van der Waals surface area contributed by atoms with Crippen molar-refractivity contribution >= 4 is 11.3 Å². The second kappa shape index (κ2) is 5.23. The van der Waals surface area contributed by atoms with Gasteiger partial charge in [-0.05, 0) is 43.0 Å². The second-order valence-electron chi connectivity index (χ2n) is 3.88. The Morgan fingerprint density at radius 3 is 2.88 bits per heavy atom. The van der Waals surface area contributed by atoms with Gasteiger partial charge < -0.3 is 5.32 Å². The first-order valence-electron chi connectivity index (χ1n) is 5.44. The molecule has 0 aliphatic carbocycles. The highest BCUT2D eigenvalue weighted by Gasteiger charge is 2.06. The zero-order valence-corrected chi connectivity index (χ0v) is 10.4. The van der Waals surface area contributed by atoms with Crippen LogP contribution in [-0.2, 0) is 6.54 Å². The van der Waals surface area contributed by atoms with Crippen LogP contribution in [0.3, 0.4) is 0 Å². The minimum absolute atomic E-state index is 0.294. The number of thiophene rings is 1. The first kappa shape index (κ1) is 11.3. The molecule has 0 amide bonds. The molecule has 0 unspecified atom stereocenters. The second-order valence-corrected chi connectivity index (χ2v) is 4.88. The third kappa shape index (κ3) is 2.68. The molecule has 0 bridgehead atoms. The van der Waals surface area contributed by atoms with Gasteiger partial charge >= 0.3 is 0 Å². The molecular weight excluding hydrogens is 216 g/mol. The van der Waals surface area contributed by atoms with Crippen molar-refractivity contribution < 1.29 is 0 Å². The molecule has 0 saturated carbocycles. The van der Waals surface area contributed by atoms with Crippen LogP contribution in [0.1, 0.15) is 29.1 Å². The van der Waals surface area contributed by atoms with E-state index < -0.39 is 0 Å². The summed E-state index contributed by atoms with van der Waals surface area (Å²) < 4.78 is 0. The van der Waals surface area contributed by atoms with E-state index in [9.17, 15) is 0 Å². The Labute approximate surface area is 100 Å². The highest BCUT2D eigenvalue weighted by molar-refractivity contribution is 7.10. The molecule has 0 aromatic carbocycles. The molecule has 2 rings (SSSR count). The van der Waals surface area contributed by atoms with Crippen LogP contribution >= 0.6 is 11.3 Å². The molecule has 84 valence electrons. The monoisotopic (exact) mass is 232 g/mol. The van der Waals surface area contributed by atoms with Crippen LogP contribution in [-0.4, -0.2) is 4.98 Å². The van der Waals surface area contributed by atoms with Crippen molar-refractivity contribution in [2.75, 3.05) is 0 Å². The largest absolute Gasteiger partial charge is 0.304 e. The number of aryl methyl sites for hydroxylation is 1. The maximum absolute atomic E-state index is 4.34.